The van der Waals surface area contributed by atoms with Gasteiger partial charge in [-0.2, -0.15) is 5.10 Å². The van der Waals surface area contributed by atoms with Crippen molar-refractivity contribution in [3.63, 3.8) is 0 Å². The molecule has 2 heterocycles. The van der Waals surface area contributed by atoms with Crippen molar-refractivity contribution in [1.82, 2.24) is 15.1 Å². The van der Waals surface area contributed by atoms with Gasteiger partial charge in [0, 0.05) is 19.1 Å². The molecule has 0 unspecified atom stereocenters. The molecule has 0 radical (unpaired) electrons. The predicted octanol–water partition coefficient (Wildman–Crippen LogP) is 2.89. The van der Waals surface area contributed by atoms with Crippen molar-refractivity contribution in [2.75, 3.05) is 18.4 Å². The maximum Gasteiger partial charge on any atom is 0.285 e. The second kappa shape index (κ2) is 7.62. The third kappa shape index (κ3) is 4.12. The fourth-order valence-corrected chi connectivity index (χ4v) is 3.21. The number of benzene rings is 1. The van der Waals surface area contributed by atoms with Crippen molar-refractivity contribution < 1.29 is 0 Å². The summed E-state index contributed by atoms with van der Waals surface area (Å²) in [6.07, 6.45) is 5.18. The molecule has 3 rings (SSSR count). The molecule has 5 nitrogen and oxygen atoms in total. The van der Waals surface area contributed by atoms with Crippen molar-refractivity contribution >= 4 is 17.3 Å². The van der Waals surface area contributed by atoms with E-state index in [1.165, 1.54) is 18.4 Å². The van der Waals surface area contributed by atoms with Crippen LogP contribution in [0.25, 0.3) is 0 Å². The number of hydrogen-bond donors (Lipinski definition) is 2. The second-order valence-electron chi connectivity index (χ2n) is 5.91. The zero-order chi connectivity index (χ0) is 16.1. The molecular weight excluding hydrogens is 312 g/mol. The van der Waals surface area contributed by atoms with E-state index in [-0.39, 0.29) is 10.6 Å². The number of nitrogens with zero attached hydrogens (tertiary/aromatic N) is 2. The Balaban J connectivity index is 1.65. The van der Waals surface area contributed by atoms with Crippen LogP contribution in [0.2, 0.25) is 5.02 Å². The fraction of sp³-hybridized carbons (Fsp3) is 0.412. The quantitative estimate of drug-likeness (QED) is 0.884. The molecule has 1 fully saturated rings. The molecule has 0 bridgehead atoms. The summed E-state index contributed by atoms with van der Waals surface area (Å²) in [6, 6.07) is 11.0. The molecule has 0 spiro atoms. The highest BCUT2D eigenvalue weighted by atomic mass is 35.5. The molecule has 0 amide bonds. The maximum atomic E-state index is 11.5. The highest BCUT2D eigenvalue weighted by molar-refractivity contribution is 6.32. The number of anilines is 1. The molecule has 23 heavy (non-hydrogen) atoms. The van der Waals surface area contributed by atoms with Gasteiger partial charge in [0.1, 0.15) is 5.02 Å². The average molecular weight is 333 g/mol. The van der Waals surface area contributed by atoms with Crippen molar-refractivity contribution in [3.05, 3.63) is 57.5 Å². The summed E-state index contributed by atoms with van der Waals surface area (Å²) in [5, 5.41) is 9.58. The number of aromatic amines is 1. The fourth-order valence-electron chi connectivity index (χ4n) is 3.05. The molecule has 1 aromatic carbocycles. The number of nitrogens with one attached hydrogen (secondary N) is 2. The van der Waals surface area contributed by atoms with Gasteiger partial charge < -0.3 is 5.32 Å². The first-order valence-corrected chi connectivity index (χ1v) is 8.37. The number of rotatable bonds is 5. The Kier molecular flexibility index (Phi) is 5.31. The van der Waals surface area contributed by atoms with Crippen LogP contribution in [0.1, 0.15) is 24.8 Å². The lowest BCUT2D eigenvalue weighted by Gasteiger charge is -2.36. The SMILES string of the molecule is O=c1[nH]ncc(NC[C@@H]2CCCCN2Cc2ccccc2)c1Cl. The summed E-state index contributed by atoms with van der Waals surface area (Å²) in [5.41, 5.74) is 1.57. The summed E-state index contributed by atoms with van der Waals surface area (Å²) in [4.78, 5) is 14.0. The van der Waals surface area contributed by atoms with Crippen LogP contribution in [0.15, 0.2) is 41.3 Å². The molecule has 2 N–H and O–H groups in total. The van der Waals surface area contributed by atoms with Crippen molar-refractivity contribution in [1.29, 1.82) is 0 Å². The monoisotopic (exact) mass is 332 g/mol. The zero-order valence-corrected chi connectivity index (χ0v) is 13.7. The Hall–Kier alpha value is -1.85. The van der Waals surface area contributed by atoms with Gasteiger partial charge in [-0.1, -0.05) is 48.4 Å². The lowest BCUT2D eigenvalue weighted by Crippen LogP contribution is -2.43. The van der Waals surface area contributed by atoms with Gasteiger partial charge in [-0.15, -0.1) is 0 Å². The highest BCUT2D eigenvalue weighted by Crippen LogP contribution is 2.21. The van der Waals surface area contributed by atoms with Gasteiger partial charge in [0.05, 0.1) is 11.9 Å². The standard InChI is InChI=1S/C17H21ClN4O/c18-16-15(11-20-21-17(16)23)19-10-14-8-4-5-9-22(14)12-13-6-2-1-3-7-13/h1-3,6-7,11,14H,4-5,8-10,12H2,(H2,19,21,23)/t14-/m0/s1. The summed E-state index contributed by atoms with van der Waals surface area (Å²) < 4.78 is 0. The molecule has 1 aromatic heterocycles. The summed E-state index contributed by atoms with van der Waals surface area (Å²) in [6.45, 7) is 2.81. The van der Waals surface area contributed by atoms with E-state index in [2.05, 4.69) is 44.7 Å². The first kappa shape index (κ1) is 16.0. The van der Waals surface area contributed by atoms with E-state index < -0.39 is 0 Å². The van der Waals surface area contributed by atoms with E-state index in [0.717, 1.165) is 26.1 Å². The van der Waals surface area contributed by atoms with Crippen LogP contribution < -0.4 is 10.9 Å². The van der Waals surface area contributed by atoms with E-state index in [9.17, 15) is 4.79 Å². The molecule has 0 saturated carbocycles. The molecule has 1 saturated heterocycles. The molecule has 1 atom stereocenters. The van der Waals surface area contributed by atoms with Crippen molar-refractivity contribution in [2.24, 2.45) is 0 Å². The average Bonchev–Trinajstić information content (AvgIpc) is 2.58. The molecule has 2 aromatic rings. The van der Waals surface area contributed by atoms with Gasteiger partial charge in [-0.25, -0.2) is 5.10 Å². The lowest BCUT2D eigenvalue weighted by molar-refractivity contribution is 0.148. The molecular formula is C17H21ClN4O. The van der Waals surface area contributed by atoms with Gasteiger partial charge in [-0.3, -0.25) is 9.69 Å². The Bertz CT molecular complexity index is 688. The Morgan fingerprint density at radius 2 is 2.13 bits per heavy atom. The molecule has 1 aliphatic heterocycles. The van der Waals surface area contributed by atoms with Gasteiger partial charge in [0.2, 0.25) is 0 Å². The highest BCUT2D eigenvalue weighted by Gasteiger charge is 2.22. The Morgan fingerprint density at radius 3 is 2.96 bits per heavy atom. The Morgan fingerprint density at radius 1 is 1.30 bits per heavy atom. The normalized spacial score (nSPS) is 18.7. The summed E-state index contributed by atoms with van der Waals surface area (Å²) >= 11 is 6.02. The van der Waals surface area contributed by atoms with Crippen LogP contribution >= 0.6 is 11.6 Å². The topological polar surface area (TPSA) is 61.0 Å². The second-order valence-corrected chi connectivity index (χ2v) is 6.29. The van der Waals surface area contributed by atoms with E-state index in [1.54, 1.807) is 6.20 Å². The van der Waals surface area contributed by atoms with Crippen LogP contribution in [-0.2, 0) is 6.54 Å². The summed E-state index contributed by atoms with van der Waals surface area (Å²) in [5.74, 6) is 0. The van der Waals surface area contributed by atoms with Crippen LogP contribution in [0, 0.1) is 0 Å². The van der Waals surface area contributed by atoms with Crippen molar-refractivity contribution in [2.45, 2.75) is 31.8 Å². The predicted molar refractivity (Wildman–Crippen MR) is 92.8 cm³/mol. The van der Waals surface area contributed by atoms with E-state index >= 15 is 0 Å². The number of H-pyrrole nitrogens is 1. The maximum absolute atomic E-state index is 11.5. The molecule has 6 heteroatoms. The minimum Gasteiger partial charge on any atom is -0.381 e. The van der Waals surface area contributed by atoms with Gasteiger partial charge in [0.15, 0.2) is 0 Å². The minimum atomic E-state index is -0.360. The summed E-state index contributed by atoms with van der Waals surface area (Å²) in [7, 11) is 0. The first-order chi connectivity index (χ1) is 11.2. The molecule has 0 aliphatic carbocycles. The number of hydrogen-bond acceptors (Lipinski definition) is 4. The number of aromatic nitrogens is 2. The van der Waals surface area contributed by atoms with Crippen LogP contribution in [0.5, 0.6) is 0 Å². The first-order valence-electron chi connectivity index (χ1n) is 7.99. The number of piperidine rings is 1. The van der Waals surface area contributed by atoms with Gasteiger partial charge in [-0.05, 0) is 24.9 Å². The largest absolute Gasteiger partial charge is 0.381 e. The van der Waals surface area contributed by atoms with E-state index in [4.69, 9.17) is 11.6 Å². The Labute approximate surface area is 140 Å². The van der Waals surface area contributed by atoms with E-state index in [1.807, 2.05) is 6.07 Å². The number of halogens is 1. The lowest BCUT2D eigenvalue weighted by atomic mass is 10.0. The van der Waals surface area contributed by atoms with Crippen LogP contribution in [0.3, 0.4) is 0 Å². The van der Waals surface area contributed by atoms with Crippen molar-refractivity contribution in [3.8, 4) is 0 Å². The molecule has 122 valence electrons. The van der Waals surface area contributed by atoms with E-state index in [0.29, 0.717) is 11.7 Å². The van der Waals surface area contributed by atoms with Crippen LogP contribution in [-0.4, -0.2) is 34.2 Å². The van der Waals surface area contributed by atoms with Gasteiger partial charge in [0.25, 0.3) is 5.56 Å². The van der Waals surface area contributed by atoms with Gasteiger partial charge >= 0.3 is 0 Å². The number of likely N-dealkylation sites (tertiary alicyclic amines) is 1. The third-order valence-corrected chi connectivity index (χ3v) is 4.68. The molecule has 1 aliphatic rings. The third-order valence-electron chi connectivity index (χ3n) is 4.30. The van der Waals surface area contributed by atoms with Crippen LogP contribution in [0.4, 0.5) is 5.69 Å². The smallest absolute Gasteiger partial charge is 0.285 e. The minimum absolute atomic E-state index is 0.172. The zero-order valence-electron chi connectivity index (χ0n) is 13.0.